The van der Waals surface area contributed by atoms with E-state index >= 15 is 0 Å². The van der Waals surface area contributed by atoms with Crippen molar-refractivity contribution in [3.8, 4) is 11.5 Å². The molecular formula is C35H29ClFN3O6S2. The summed E-state index contributed by atoms with van der Waals surface area (Å²) in [5.41, 5.74) is 1.88. The molecule has 2 aliphatic carbocycles. The fraction of sp³-hybridized carbons (Fsp3) is 0.314. The van der Waals surface area contributed by atoms with Crippen molar-refractivity contribution < 1.29 is 28.2 Å². The highest BCUT2D eigenvalue weighted by molar-refractivity contribution is 8.00. The van der Waals surface area contributed by atoms with Gasteiger partial charge in [0.2, 0.25) is 11.8 Å². The van der Waals surface area contributed by atoms with Crippen LogP contribution in [0.3, 0.4) is 0 Å². The number of hydrogen-bond acceptors (Lipinski definition) is 8. The quantitative estimate of drug-likeness (QED) is 0.206. The number of carbonyl (C=O) groups excluding carboxylic acids is 3. The van der Waals surface area contributed by atoms with Crippen molar-refractivity contribution in [1.29, 1.82) is 0 Å². The molecule has 8 rings (SSSR count). The average Bonchev–Trinajstić information content (AvgIpc) is 3.81. The molecule has 0 spiro atoms. The number of halogens is 2. The zero-order valence-electron chi connectivity index (χ0n) is 25.5. The van der Waals surface area contributed by atoms with Gasteiger partial charge in [-0.25, -0.2) is 4.39 Å². The number of benzene rings is 3. The summed E-state index contributed by atoms with van der Waals surface area (Å²) in [4.78, 5) is 58.3. The predicted octanol–water partition coefficient (Wildman–Crippen LogP) is 6.32. The number of H-pyrrole nitrogens is 1. The number of imide groups is 1. The highest BCUT2D eigenvalue weighted by Gasteiger charge is 2.69. The SMILES string of the molecule is CCOc1cc([C@H]2c3sc(=O)[nH]c3SC3C2[C@H]2C[C@@H]3C3C(=O)N(c4ccc(Cl)cc4)C(=O)C32)ccc1OCC(=O)Nc1ccc(F)cc1. The average molecular weight is 706 g/mol. The molecule has 3 heterocycles. The lowest BCUT2D eigenvalue weighted by atomic mass is 9.68. The highest BCUT2D eigenvalue weighted by Crippen LogP contribution is 2.68. The Morgan fingerprint density at radius 2 is 1.71 bits per heavy atom. The van der Waals surface area contributed by atoms with Crippen LogP contribution < -0.4 is 24.6 Å². The Morgan fingerprint density at radius 1 is 0.979 bits per heavy atom. The van der Waals surface area contributed by atoms with Crippen LogP contribution in [0.15, 0.2) is 76.6 Å². The molecule has 2 N–H and O–H groups in total. The van der Waals surface area contributed by atoms with Crippen molar-refractivity contribution in [3.05, 3.63) is 97.7 Å². The van der Waals surface area contributed by atoms with Gasteiger partial charge in [-0.05, 0) is 97.3 Å². The first-order chi connectivity index (χ1) is 23.2. The van der Waals surface area contributed by atoms with Crippen LogP contribution >= 0.6 is 34.7 Å². The second-order valence-corrected chi connectivity index (χ2v) is 15.1. The third-order valence-electron chi connectivity index (χ3n) is 9.92. The number of hydrogen-bond donors (Lipinski definition) is 2. The predicted molar refractivity (Wildman–Crippen MR) is 181 cm³/mol. The normalized spacial score (nSPS) is 26.6. The van der Waals surface area contributed by atoms with E-state index in [0.29, 0.717) is 34.5 Å². The zero-order chi connectivity index (χ0) is 33.3. The lowest BCUT2D eigenvalue weighted by molar-refractivity contribution is -0.123. The second-order valence-electron chi connectivity index (χ2n) is 12.4. The number of amides is 3. The maximum absolute atomic E-state index is 14.0. The first-order valence-electron chi connectivity index (χ1n) is 15.7. The highest BCUT2D eigenvalue weighted by atomic mass is 35.5. The summed E-state index contributed by atoms with van der Waals surface area (Å²) in [5, 5.41) is 4.05. The molecule has 4 aliphatic rings. The third-order valence-corrected chi connectivity index (χ3v) is 12.8. The van der Waals surface area contributed by atoms with Crippen LogP contribution in [0.1, 0.15) is 29.7 Å². The van der Waals surface area contributed by atoms with Crippen LogP contribution in [0.5, 0.6) is 11.5 Å². The van der Waals surface area contributed by atoms with E-state index in [1.165, 1.54) is 40.5 Å². The molecule has 7 atom stereocenters. The molecule has 3 fully saturated rings. The van der Waals surface area contributed by atoms with Crippen molar-refractivity contribution in [1.82, 2.24) is 4.98 Å². The van der Waals surface area contributed by atoms with Gasteiger partial charge in [0, 0.05) is 26.8 Å². The van der Waals surface area contributed by atoms with Gasteiger partial charge in [0.25, 0.3) is 5.91 Å². The van der Waals surface area contributed by atoms with E-state index in [1.54, 1.807) is 42.1 Å². The van der Waals surface area contributed by atoms with Crippen molar-refractivity contribution in [2.24, 2.45) is 29.6 Å². The number of aromatic nitrogens is 1. The summed E-state index contributed by atoms with van der Waals surface area (Å²) in [6.45, 7) is 1.91. The lowest BCUT2D eigenvalue weighted by Crippen LogP contribution is -2.42. The molecule has 4 aromatic rings. The number of thioether (sulfide) groups is 1. The Kier molecular flexibility index (Phi) is 7.84. The number of anilines is 2. The molecule has 0 radical (unpaired) electrons. The Balaban J connectivity index is 1.10. The minimum atomic E-state index is -0.437. The largest absolute Gasteiger partial charge is 0.490 e. The lowest BCUT2D eigenvalue weighted by Gasteiger charge is -2.43. The van der Waals surface area contributed by atoms with E-state index in [2.05, 4.69) is 10.3 Å². The topological polar surface area (TPSA) is 118 Å². The number of aromatic amines is 1. The summed E-state index contributed by atoms with van der Waals surface area (Å²) < 4.78 is 25.1. The zero-order valence-corrected chi connectivity index (χ0v) is 27.9. The Hall–Kier alpha value is -4.13. The van der Waals surface area contributed by atoms with Gasteiger partial charge < -0.3 is 19.8 Å². The van der Waals surface area contributed by atoms with Gasteiger partial charge in [0.1, 0.15) is 5.82 Å². The third kappa shape index (κ3) is 5.12. The van der Waals surface area contributed by atoms with Crippen LogP contribution in [-0.4, -0.2) is 41.2 Å². The van der Waals surface area contributed by atoms with E-state index in [-0.39, 0.29) is 52.2 Å². The number of carbonyl (C=O) groups is 3. The molecule has 3 aromatic carbocycles. The maximum Gasteiger partial charge on any atom is 0.305 e. The molecule has 3 amide bonds. The van der Waals surface area contributed by atoms with Gasteiger partial charge in [-0.1, -0.05) is 29.0 Å². The van der Waals surface area contributed by atoms with Gasteiger partial charge in [-0.3, -0.25) is 24.1 Å². The Labute approximate surface area is 287 Å². The number of ether oxygens (including phenoxy) is 2. The molecule has 4 unspecified atom stereocenters. The molecule has 2 bridgehead atoms. The van der Waals surface area contributed by atoms with Crippen LogP contribution in [0.4, 0.5) is 15.8 Å². The number of fused-ring (bicyclic) bond motifs is 9. The fourth-order valence-electron chi connectivity index (χ4n) is 8.21. The number of nitrogens with zero attached hydrogens (tertiary/aromatic N) is 1. The van der Waals surface area contributed by atoms with Crippen molar-refractivity contribution >= 4 is 63.8 Å². The van der Waals surface area contributed by atoms with E-state index < -0.39 is 23.6 Å². The van der Waals surface area contributed by atoms with Crippen molar-refractivity contribution in [2.75, 3.05) is 23.4 Å². The first-order valence-corrected chi connectivity index (χ1v) is 17.8. The summed E-state index contributed by atoms with van der Waals surface area (Å²) in [6, 6.07) is 17.8. The van der Waals surface area contributed by atoms with Crippen LogP contribution in [0.2, 0.25) is 5.02 Å². The minimum absolute atomic E-state index is 0.00449. The summed E-state index contributed by atoms with van der Waals surface area (Å²) >= 11 is 8.90. The summed E-state index contributed by atoms with van der Waals surface area (Å²) in [6.07, 6.45) is 0.766. The molecule has 48 heavy (non-hydrogen) atoms. The molecule has 1 saturated heterocycles. The van der Waals surface area contributed by atoms with Gasteiger partial charge in [0.05, 0.1) is 29.2 Å². The van der Waals surface area contributed by atoms with Crippen molar-refractivity contribution in [3.63, 3.8) is 0 Å². The molecule has 1 aromatic heterocycles. The Bertz CT molecular complexity index is 2000. The maximum atomic E-state index is 14.0. The van der Waals surface area contributed by atoms with Crippen LogP contribution in [0.25, 0.3) is 0 Å². The first kappa shape index (κ1) is 31.2. The van der Waals surface area contributed by atoms with Crippen LogP contribution in [-0.2, 0) is 14.4 Å². The van der Waals surface area contributed by atoms with E-state index in [9.17, 15) is 23.6 Å². The molecule has 13 heteroatoms. The molecular weight excluding hydrogens is 677 g/mol. The molecule has 9 nitrogen and oxygen atoms in total. The Morgan fingerprint density at radius 3 is 2.44 bits per heavy atom. The van der Waals surface area contributed by atoms with Gasteiger partial charge in [0.15, 0.2) is 18.1 Å². The monoisotopic (exact) mass is 705 g/mol. The van der Waals surface area contributed by atoms with E-state index in [1.807, 2.05) is 19.1 Å². The smallest absolute Gasteiger partial charge is 0.305 e. The summed E-state index contributed by atoms with van der Waals surface area (Å²) in [7, 11) is 0. The van der Waals surface area contributed by atoms with E-state index in [0.717, 1.165) is 21.9 Å². The number of rotatable bonds is 8. The van der Waals surface area contributed by atoms with Crippen molar-refractivity contribution in [2.45, 2.75) is 29.5 Å². The van der Waals surface area contributed by atoms with Gasteiger partial charge in [-0.15, -0.1) is 11.8 Å². The van der Waals surface area contributed by atoms with Gasteiger partial charge >= 0.3 is 4.87 Å². The molecule has 246 valence electrons. The van der Waals surface area contributed by atoms with E-state index in [4.69, 9.17) is 21.1 Å². The van der Waals surface area contributed by atoms with Gasteiger partial charge in [-0.2, -0.15) is 0 Å². The number of nitrogens with one attached hydrogen (secondary N) is 2. The fourth-order valence-corrected chi connectivity index (χ4v) is 11.2. The second kappa shape index (κ2) is 12.1. The number of thiazole rings is 1. The van der Waals surface area contributed by atoms with Crippen LogP contribution in [0, 0.1) is 35.4 Å². The molecule has 2 saturated carbocycles. The standard InChI is InChI=1S/C35H29ClFN3O6S2/c1-2-45-24-13-16(3-12-23(24)46-15-25(41)38-19-8-6-18(37)7-9-19)26-27-21-14-22(30(27)47-32-31(26)48-35(44)39-32)29-28(21)33(42)40(34(29)43)20-10-4-17(36)5-11-20/h3-13,21-22,26-30H,2,14-15H2,1H3,(H,38,41)(H,39,44)/t21-,22-,26-,27?,28?,29?,30?/m1/s1. The minimum Gasteiger partial charge on any atom is -0.490 e. The summed E-state index contributed by atoms with van der Waals surface area (Å²) in [5.74, 6) is -1.45. The molecule has 2 aliphatic heterocycles.